The second-order valence-electron chi connectivity index (χ2n) is 6.31. The number of hydrogen-bond donors (Lipinski definition) is 2. The Hall–Kier alpha value is -1.71. The minimum atomic E-state index is -0.530. The fourth-order valence-electron chi connectivity index (χ4n) is 2.11. The highest BCUT2D eigenvalue weighted by Gasteiger charge is 2.16. The molecule has 0 radical (unpaired) electrons. The van der Waals surface area contributed by atoms with E-state index < -0.39 is 5.54 Å². The molecule has 134 valence electrons. The summed E-state index contributed by atoms with van der Waals surface area (Å²) in [7, 11) is 0. The number of aliphatic hydroxyl groups is 1. The Labute approximate surface area is 152 Å². The summed E-state index contributed by atoms with van der Waals surface area (Å²) in [6.07, 6.45) is 2.24. The van der Waals surface area contributed by atoms with Crippen LogP contribution in [-0.2, 0) is 17.8 Å². The summed E-state index contributed by atoms with van der Waals surface area (Å²) in [5.41, 5.74) is 6.36. The van der Waals surface area contributed by atoms with E-state index in [2.05, 4.69) is 17.9 Å². The zero-order valence-corrected chi connectivity index (χ0v) is 15.2. The zero-order valence-electron chi connectivity index (χ0n) is 14.4. The second kappa shape index (κ2) is 9.69. The number of benzene rings is 1. The van der Waals surface area contributed by atoms with Crippen molar-refractivity contribution in [2.45, 2.75) is 38.3 Å². The van der Waals surface area contributed by atoms with E-state index in [4.69, 9.17) is 10.5 Å². The monoisotopic (exact) mass is 361 g/mol. The molecule has 0 amide bonds. The van der Waals surface area contributed by atoms with Crippen LogP contribution >= 0.6 is 11.3 Å². The van der Waals surface area contributed by atoms with Crippen molar-refractivity contribution in [1.82, 2.24) is 0 Å². The Kier molecular flexibility index (Phi) is 7.60. The van der Waals surface area contributed by atoms with E-state index in [0.717, 1.165) is 23.3 Å². The SMILES string of the molecule is CC(N)(CO)CCc1ccc(C#CCCOCc2ccc(F)cc2)s1. The van der Waals surface area contributed by atoms with E-state index in [-0.39, 0.29) is 12.4 Å². The molecular formula is C20H24FNO2S. The van der Waals surface area contributed by atoms with Gasteiger partial charge in [0.25, 0.3) is 0 Å². The number of nitrogens with two attached hydrogens (primary N) is 1. The highest BCUT2D eigenvalue weighted by atomic mass is 32.1. The summed E-state index contributed by atoms with van der Waals surface area (Å²) in [5.74, 6) is 6.01. The third-order valence-corrected chi connectivity index (χ3v) is 4.79. The molecular weight excluding hydrogens is 337 g/mol. The van der Waals surface area contributed by atoms with Gasteiger partial charge in [0.05, 0.1) is 24.7 Å². The first-order valence-corrected chi connectivity index (χ1v) is 9.10. The van der Waals surface area contributed by atoms with Crippen molar-refractivity contribution in [3.8, 4) is 11.8 Å². The van der Waals surface area contributed by atoms with Crippen molar-refractivity contribution in [3.63, 3.8) is 0 Å². The number of halogens is 1. The highest BCUT2D eigenvalue weighted by Crippen LogP contribution is 2.19. The molecule has 1 aromatic heterocycles. The number of ether oxygens (including phenoxy) is 1. The summed E-state index contributed by atoms with van der Waals surface area (Å²) in [6, 6.07) is 10.4. The van der Waals surface area contributed by atoms with Gasteiger partial charge in [-0.15, -0.1) is 11.3 Å². The normalized spacial score (nSPS) is 13.1. The first kappa shape index (κ1) is 19.6. The first-order valence-electron chi connectivity index (χ1n) is 8.28. The van der Waals surface area contributed by atoms with Crippen LogP contribution in [0.2, 0.25) is 0 Å². The lowest BCUT2D eigenvalue weighted by Crippen LogP contribution is -2.40. The summed E-state index contributed by atoms with van der Waals surface area (Å²) in [6.45, 7) is 2.86. The van der Waals surface area contributed by atoms with Crippen LogP contribution in [0.3, 0.4) is 0 Å². The molecule has 0 fully saturated rings. The average Bonchev–Trinajstić information content (AvgIpc) is 3.06. The van der Waals surface area contributed by atoms with Crippen molar-refractivity contribution in [3.05, 3.63) is 57.5 Å². The van der Waals surface area contributed by atoms with Gasteiger partial charge in [-0.25, -0.2) is 4.39 Å². The van der Waals surface area contributed by atoms with Crippen molar-refractivity contribution in [2.75, 3.05) is 13.2 Å². The summed E-state index contributed by atoms with van der Waals surface area (Å²) in [5, 5.41) is 9.18. The molecule has 0 aliphatic rings. The molecule has 1 heterocycles. The molecule has 0 aliphatic heterocycles. The Morgan fingerprint density at radius 2 is 2.00 bits per heavy atom. The highest BCUT2D eigenvalue weighted by molar-refractivity contribution is 7.12. The molecule has 0 bridgehead atoms. The van der Waals surface area contributed by atoms with Gasteiger partial charge in [0, 0.05) is 16.8 Å². The molecule has 2 rings (SSSR count). The molecule has 0 spiro atoms. The van der Waals surface area contributed by atoms with Crippen LogP contribution < -0.4 is 5.73 Å². The van der Waals surface area contributed by atoms with E-state index in [1.165, 1.54) is 17.0 Å². The van der Waals surface area contributed by atoms with E-state index in [1.807, 2.05) is 13.0 Å². The second-order valence-corrected chi connectivity index (χ2v) is 7.48. The van der Waals surface area contributed by atoms with Gasteiger partial charge in [0.2, 0.25) is 0 Å². The Balaban J connectivity index is 1.68. The molecule has 0 saturated carbocycles. The topological polar surface area (TPSA) is 55.5 Å². The van der Waals surface area contributed by atoms with Gasteiger partial charge >= 0.3 is 0 Å². The summed E-state index contributed by atoms with van der Waals surface area (Å²) >= 11 is 1.66. The van der Waals surface area contributed by atoms with Crippen LogP contribution in [0.1, 0.15) is 35.1 Å². The zero-order chi connectivity index (χ0) is 18.1. The molecule has 1 aromatic carbocycles. The Morgan fingerprint density at radius 1 is 1.24 bits per heavy atom. The minimum absolute atomic E-state index is 0.0110. The fraction of sp³-hybridized carbons (Fsp3) is 0.400. The maximum absolute atomic E-state index is 12.8. The van der Waals surface area contributed by atoms with Crippen LogP contribution in [0.4, 0.5) is 4.39 Å². The summed E-state index contributed by atoms with van der Waals surface area (Å²) in [4.78, 5) is 2.25. The van der Waals surface area contributed by atoms with Crippen molar-refractivity contribution in [2.24, 2.45) is 5.73 Å². The quantitative estimate of drug-likeness (QED) is 0.559. The van der Waals surface area contributed by atoms with Gasteiger partial charge < -0.3 is 15.6 Å². The molecule has 2 aromatic rings. The molecule has 3 N–H and O–H groups in total. The van der Waals surface area contributed by atoms with Gasteiger partial charge in [0.15, 0.2) is 0 Å². The largest absolute Gasteiger partial charge is 0.394 e. The van der Waals surface area contributed by atoms with Gasteiger partial charge in [-0.2, -0.15) is 0 Å². The van der Waals surface area contributed by atoms with Crippen molar-refractivity contribution >= 4 is 11.3 Å². The maximum Gasteiger partial charge on any atom is 0.123 e. The van der Waals surface area contributed by atoms with E-state index in [9.17, 15) is 9.50 Å². The number of aryl methyl sites for hydroxylation is 1. The lowest BCUT2D eigenvalue weighted by molar-refractivity contribution is 0.126. The van der Waals surface area contributed by atoms with Crippen molar-refractivity contribution < 1.29 is 14.2 Å². The van der Waals surface area contributed by atoms with Crippen LogP contribution in [0, 0.1) is 17.7 Å². The van der Waals surface area contributed by atoms with Crippen LogP contribution in [0.15, 0.2) is 36.4 Å². The van der Waals surface area contributed by atoms with Crippen LogP contribution in [-0.4, -0.2) is 23.9 Å². The lowest BCUT2D eigenvalue weighted by Gasteiger charge is -2.20. The fourth-order valence-corrected chi connectivity index (χ4v) is 2.99. The van der Waals surface area contributed by atoms with E-state index in [0.29, 0.717) is 19.6 Å². The van der Waals surface area contributed by atoms with Gasteiger partial charge in [0.1, 0.15) is 5.82 Å². The predicted molar refractivity (Wildman–Crippen MR) is 99.9 cm³/mol. The van der Waals surface area contributed by atoms with Crippen LogP contribution in [0.5, 0.6) is 0 Å². The maximum atomic E-state index is 12.8. The number of aliphatic hydroxyl groups excluding tert-OH is 1. The standard InChI is InChI=1S/C20H24FNO2S/c1-20(22,15-23)12-11-19-10-9-18(25-19)4-2-3-13-24-14-16-5-7-17(21)8-6-16/h5-10,23H,3,11-15,22H2,1H3. The number of thiophene rings is 1. The average molecular weight is 361 g/mol. The molecule has 5 heteroatoms. The molecule has 1 unspecified atom stereocenters. The molecule has 3 nitrogen and oxygen atoms in total. The Bertz CT molecular complexity index is 713. The van der Waals surface area contributed by atoms with E-state index >= 15 is 0 Å². The third-order valence-electron chi connectivity index (χ3n) is 3.73. The van der Waals surface area contributed by atoms with Crippen LogP contribution in [0.25, 0.3) is 0 Å². The van der Waals surface area contributed by atoms with Gasteiger partial charge in [-0.05, 0) is 49.6 Å². The number of hydrogen-bond acceptors (Lipinski definition) is 4. The van der Waals surface area contributed by atoms with Gasteiger partial charge in [-0.3, -0.25) is 0 Å². The third kappa shape index (κ3) is 7.37. The minimum Gasteiger partial charge on any atom is -0.394 e. The molecule has 0 saturated heterocycles. The molecule has 0 aliphatic carbocycles. The smallest absolute Gasteiger partial charge is 0.123 e. The lowest BCUT2D eigenvalue weighted by atomic mass is 9.98. The Morgan fingerprint density at radius 3 is 2.72 bits per heavy atom. The summed E-state index contributed by atoms with van der Waals surface area (Å²) < 4.78 is 18.3. The van der Waals surface area contributed by atoms with E-state index in [1.54, 1.807) is 23.5 Å². The number of rotatable bonds is 8. The molecule has 1 atom stereocenters. The van der Waals surface area contributed by atoms with Gasteiger partial charge in [-0.1, -0.05) is 24.0 Å². The molecule has 25 heavy (non-hydrogen) atoms. The first-order chi connectivity index (χ1) is 12.0. The predicted octanol–water partition coefficient (Wildman–Crippen LogP) is 3.49. The van der Waals surface area contributed by atoms with Crippen molar-refractivity contribution in [1.29, 1.82) is 0 Å².